The predicted octanol–water partition coefficient (Wildman–Crippen LogP) is 5.87. The monoisotopic (exact) mass is 471 g/mol. The van der Waals surface area contributed by atoms with Gasteiger partial charge in [0.1, 0.15) is 0 Å². The lowest BCUT2D eigenvalue weighted by atomic mass is 10.1. The molecule has 0 aliphatic carbocycles. The molecule has 0 fully saturated rings. The van der Waals surface area contributed by atoms with Crippen molar-refractivity contribution >= 4 is 40.4 Å². The highest BCUT2D eigenvalue weighted by Crippen LogP contribution is 2.23. The Morgan fingerprint density at radius 3 is 2.00 bits per heavy atom. The van der Waals surface area contributed by atoms with Gasteiger partial charge in [-0.15, -0.1) is 0 Å². The second-order valence-electron chi connectivity index (χ2n) is 7.32. The Hall–Kier alpha value is -3.74. The van der Waals surface area contributed by atoms with E-state index in [1.54, 1.807) is 28.9 Å². The summed E-state index contributed by atoms with van der Waals surface area (Å²) in [5, 5.41) is 1.10. The van der Waals surface area contributed by atoms with E-state index in [1.165, 1.54) is 11.9 Å². The van der Waals surface area contributed by atoms with Crippen molar-refractivity contribution in [2.45, 2.75) is 4.90 Å². The van der Waals surface area contributed by atoms with Crippen molar-refractivity contribution in [1.82, 2.24) is 14.1 Å². The lowest BCUT2D eigenvalue weighted by Crippen LogP contribution is -2.20. The molecule has 5 nitrogen and oxygen atoms in total. The maximum Gasteiger partial charge on any atom is 0.279 e. The molecule has 0 saturated heterocycles. The molecular weight excluding hydrogens is 454 g/mol. The van der Waals surface area contributed by atoms with Crippen LogP contribution in [0, 0.1) is 0 Å². The highest BCUT2D eigenvalue weighted by molar-refractivity contribution is 7.98. The van der Waals surface area contributed by atoms with Gasteiger partial charge < -0.3 is 0 Å². The number of carbonyl (C=O) groups excluding carboxylic acids is 1. The molecule has 0 aliphatic heterocycles. The molecule has 0 saturated carbocycles. The minimum atomic E-state index is -0.282. The fraction of sp³-hybridized carbons (Fsp3) is 0. The van der Waals surface area contributed by atoms with Gasteiger partial charge in [-0.1, -0.05) is 48.0 Å². The van der Waals surface area contributed by atoms with Gasteiger partial charge in [0.25, 0.3) is 11.5 Å². The quantitative estimate of drug-likeness (QED) is 0.326. The smallest absolute Gasteiger partial charge is 0.279 e. The first-order valence-corrected chi connectivity index (χ1v) is 11.4. The lowest BCUT2D eigenvalue weighted by Gasteiger charge is -2.13. The van der Waals surface area contributed by atoms with Crippen LogP contribution in [-0.2, 0) is 0 Å². The third-order valence-electron chi connectivity index (χ3n) is 5.19. The Morgan fingerprint density at radius 1 is 0.758 bits per heavy atom. The first kappa shape index (κ1) is 21.1. The van der Waals surface area contributed by atoms with Gasteiger partial charge in [-0.3, -0.25) is 14.3 Å². The molecule has 0 aliphatic rings. The Balaban J connectivity index is 1.57. The van der Waals surface area contributed by atoms with E-state index in [0.29, 0.717) is 16.0 Å². The summed E-state index contributed by atoms with van der Waals surface area (Å²) in [6.07, 6.45) is 0. The van der Waals surface area contributed by atoms with Crippen LogP contribution >= 0.6 is 23.5 Å². The highest BCUT2D eigenvalue weighted by atomic mass is 35.5. The molecule has 0 bridgehead atoms. The second-order valence-corrected chi connectivity index (χ2v) is 8.64. The van der Waals surface area contributed by atoms with Crippen LogP contribution in [0.3, 0.4) is 0 Å². The molecule has 33 heavy (non-hydrogen) atoms. The summed E-state index contributed by atoms with van der Waals surface area (Å²) in [4.78, 5) is 27.2. The molecule has 0 atom stereocenters. The number of nitrogens with zero attached hydrogens (tertiary/aromatic N) is 2. The third kappa shape index (κ3) is 4.18. The fourth-order valence-electron chi connectivity index (χ4n) is 3.64. The van der Waals surface area contributed by atoms with E-state index in [-0.39, 0.29) is 11.5 Å². The molecule has 1 heterocycles. The summed E-state index contributed by atoms with van der Waals surface area (Å²) in [5.74, 6) is -0.282. The van der Waals surface area contributed by atoms with E-state index in [4.69, 9.17) is 11.6 Å². The van der Waals surface area contributed by atoms with E-state index in [2.05, 4.69) is 4.72 Å². The molecule has 4 aromatic carbocycles. The van der Waals surface area contributed by atoms with Gasteiger partial charge in [-0.05, 0) is 78.7 Å². The molecule has 0 spiro atoms. The molecule has 7 heteroatoms. The van der Waals surface area contributed by atoms with Crippen LogP contribution in [0.1, 0.15) is 10.4 Å². The predicted molar refractivity (Wildman–Crippen MR) is 134 cm³/mol. The number of halogens is 1. The molecule has 1 aromatic heterocycles. The Kier molecular flexibility index (Phi) is 5.77. The normalized spacial score (nSPS) is 10.9. The molecule has 5 rings (SSSR count). The van der Waals surface area contributed by atoms with Gasteiger partial charge in [-0.2, -0.15) is 0 Å². The zero-order valence-electron chi connectivity index (χ0n) is 17.3. The largest absolute Gasteiger partial charge is 0.292 e. The van der Waals surface area contributed by atoms with Gasteiger partial charge in [0, 0.05) is 15.5 Å². The number of rotatable bonds is 5. The van der Waals surface area contributed by atoms with E-state index in [0.717, 1.165) is 21.8 Å². The SMILES string of the molecule is O=C(NSc1ccc(Cl)cc1)c1ccc2c(c1)c(=O)n(-c1ccccc1)n2-c1ccccc1. The number of nitrogens with one attached hydrogen (secondary N) is 1. The number of amides is 1. The van der Waals surface area contributed by atoms with Gasteiger partial charge in [0.15, 0.2) is 0 Å². The summed E-state index contributed by atoms with van der Waals surface area (Å²) >= 11 is 7.11. The lowest BCUT2D eigenvalue weighted by molar-refractivity contribution is 0.0984. The number of carbonyl (C=O) groups is 1. The average molecular weight is 472 g/mol. The Labute approximate surface area is 199 Å². The first-order chi connectivity index (χ1) is 16.1. The second kappa shape index (κ2) is 9.02. The van der Waals surface area contributed by atoms with Crippen molar-refractivity contribution < 1.29 is 4.79 Å². The van der Waals surface area contributed by atoms with Gasteiger partial charge in [0.05, 0.1) is 22.3 Å². The summed E-state index contributed by atoms with van der Waals surface area (Å²) in [5.41, 5.74) is 2.53. The summed E-state index contributed by atoms with van der Waals surface area (Å²) in [7, 11) is 0. The van der Waals surface area contributed by atoms with Gasteiger partial charge in [0.2, 0.25) is 0 Å². The zero-order chi connectivity index (χ0) is 22.8. The fourth-order valence-corrected chi connectivity index (χ4v) is 4.36. The van der Waals surface area contributed by atoms with Crippen LogP contribution in [0.5, 0.6) is 0 Å². The number of para-hydroxylation sites is 2. The van der Waals surface area contributed by atoms with Crippen molar-refractivity contribution in [2.75, 3.05) is 0 Å². The molecular formula is C26H18ClN3O2S. The van der Waals surface area contributed by atoms with Crippen molar-refractivity contribution in [1.29, 1.82) is 0 Å². The molecule has 1 amide bonds. The van der Waals surface area contributed by atoms with E-state index in [1.807, 2.05) is 83.5 Å². The van der Waals surface area contributed by atoms with E-state index < -0.39 is 0 Å². The summed E-state index contributed by atoms with van der Waals surface area (Å²) in [6.45, 7) is 0. The topological polar surface area (TPSA) is 56.0 Å². The first-order valence-electron chi connectivity index (χ1n) is 10.2. The molecule has 5 aromatic rings. The van der Waals surface area contributed by atoms with Gasteiger partial charge >= 0.3 is 0 Å². The Bertz CT molecular complexity index is 1490. The number of benzene rings is 4. The molecule has 0 radical (unpaired) electrons. The van der Waals surface area contributed by atoms with Crippen LogP contribution in [0.4, 0.5) is 0 Å². The summed E-state index contributed by atoms with van der Waals surface area (Å²) in [6, 6.07) is 31.5. The van der Waals surface area contributed by atoms with Crippen molar-refractivity contribution in [3.63, 3.8) is 0 Å². The number of fused-ring (bicyclic) bond motifs is 1. The standard InChI is InChI=1S/C26H18ClN3O2S/c27-19-12-14-22(15-13-19)33-28-25(31)18-11-16-24-23(17-18)26(32)30(21-9-5-2-6-10-21)29(24)20-7-3-1-4-8-20/h1-17H,(H,28,31). The van der Waals surface area contributed by atoms with E-state index in [9.17, 15) is 9.59 Å². The van der Waals surface area contributed by atoms with Crippen LogP contribution in [0.2, 0.25) is 5.02 Å². The highest BCUT2D eigenvalue weighted by Gasteiger charge is 2.18. The van der Waals surface area contributed by atoms with Crippen LogP contribution in [0.15, 0.2) is 113 Å². The third-order valence-corrected chi connectivity index (χ3v) is 6.23. The minimum absolute atomic E-state index is 0.194. The number of hydrogen-bond donors (Lipinski definition) is 1. The van der Waals surface area contributed by atoms with Crippen LogP contribution in [0.25, 0.3) is 22.3 Å². The van der Waals surface area contributed by atoms with Crippen LogP contribution in [-0.4, -0.2) is 15.3 Å². The maximum absolute atomic E-state index is 13.5. The van der Waals surface area contributed by atoms with Crippen molar-refractivity contribution in [2.24, 2.45) is 0 Å². The summed E-state index contributed by atoms with van der Waals surface area (Å²) < 4.78 is 6.32. The molecule has 162 valence electrons. The average Bonchev–Trinajstić information content (AvgIpc) is 3.16. The van der Waals surface area contributed by atoms with E-state index >= 15 is 0 Å². The number of hydrogen-bond acceptors (Lipinski definition) is 3. The number of aromatic nitrogens is 2. The van der Waals surface area contributed by atoms with Crippen LogP contribution < -0.4 is 10.3 Å². The minimum Gasteiger partial charge on any atom is -0.292 e. The molecule has 1 N–H and O–H groups in total. The van der Waals surface area contributed by atoms with Gasteiger partial charge in [-0.25, -0.2) is 9.36 Å². The maximum atomic E-state index is 13.5. The van der Waals surface area contributed by atoms with Crippen molar-refractivity contribution in [3.8, 4) is 11.4 Å². The zero-order valence-corrected chi connectivity index (χ0v) is 18.9. The molecule has 0 unspecified atom stereocenters. The van der Waals surface area contributed by atoms with Crippen molar-refractivity contribution in [3.05, 3.63) is 124 Å². The Morgan fingerprint density at radius 2 is 1.36 bits per heavy atom.